The molecule has 0 aromatic carbocycles. The van der Waals surface area contributed by atoms with Gasteiger partial charge < -0.3 is 4.90 Å². The number of thioether (sulfide) groups is 1. The summed E-state index contributed by atoms with van der Waals surface area (Å²) in [4.78, 5) is 9.61. The van der Waals surface area contributed by atoms with Crippen LogP contribution in [0.15, 0.2) is 18.3 Å². The van der Waals surface area contributed by atoms with Crippen molar-refractivity contribution >= 4 is 17.6 Å². The van der Waals surface area contributed by atoms with E-state index < -0.39 is 0 Å². The predicted molar refractivity (Wildman–Crippen MR) is 89.7 cm³/mol. The summed E-state index contributed by atoms with van der Waals surface area (Å²) < 4.78 is 0. The first kappa shape index (κ1) is 15.6. The van der Waals surface area contributed by atoms with Gasteiger partial charge in [0.15, 0.2) is 0 Å². The van der Waals surface area contributed by atoms with E-state index in [-0.39, 0.29) is 5.41 Å². The van der Waals surface area contributed by atoms with Gasteiger partial charge in [-0.3, -0.25) is 4.90 Å². The standard InChI is InChI=1S/C16H27N3S/c1-13(20-5)18-8-10-19(11-9-18)15-7-6-14(12-17-15)16(2,3)4/h6-7,12-13H,8-11H2,1-5H3. The van der Waals surface area contributed by atoms with Gasteiger partial charge in [-0.1, -0.05) is 26.8 Å². The Hall–Kier alpha value is -0.740. The van der Waals surface area contributed by atoms with Crippen LogP contribution in [0.2, 0.25) is 0 Å². The molecule has 4 heteroatoms. The Balaban J connectivity index is 1.97. The molecule has 1 atom stereocenters. The average Bonchev–Trinajstić information content (AvgIpc) is 2.46. The van der Waals surface area contributed by atoms with E-state index in [1.807, 2.05) is 18.0 Å². The largest absolute Gasteiger partial charge is 0.354 e. The van der Waals surface area contributed by atoms with E-state index >= 15 is 0 Å². The van der Waals surface area contributed by atoms with Gasteiger partial charge in [0.1, 0.15) is 5.82 Å². The zero-order chi connectivity index (χ0) is 14.8. The molecule has 0 bridgehead atoms. The number of aromatic nitrogens is 1. The minimum Gasteiger partial charge on any atom is -0.354 e. The summed E-state index contributed by atoms with van der Waals surface area (Å²) >= 11 is 1.92. The molecule has 20 heavy (non-hydrogen) atoms. The second-order valence-electron chi connectivity index (χ2n) is 6.51. The van der Waals surface area contributed by atoms with E-state index in [2.05, 4.69) is 60.9 Å². The normalized spacial score (nSPS) is 19.1. The molecular weight excluding hydrogens is 266 g/mol. The second kappa shape index (κ2) is 6.35. The van der Waals surface area contributed by atoms with Gasteiger partial charge >= 0.3 is 0 Å². The highest BCUT2D eigenvalue weighted by Crippen LogP contribution is 2.24. The van der Waals surface area contributed by atoms with Gasteiger partial charge in [-0.2, -0.15) is 0 Å². The fourth-order valence-electron chi connectivity index (χ4n) is 2.48. The number of hydrogen-bond acceptors (Lipinski definition) is 4. The zero-order valence-electron chi connectivity index (χ0n) is 13.4. The quantitative estimate of drug-likeness (QED) is 0.852. The minimum atomic E-state index is 0.179. The molecule has 0 N–H and O–H groups in total. The molecule has 1 aliphatic rings. The van der Waals surface area contributed by atoms with Crippen molar-refractivity contribution in [1.29, 1.82) is 0 Å². The molecule has 0 radical (unpaired) electrons. The number of pyridine rings is 1. The number of piperazine rings is 1. The van der Waals surface area contributed by atoms with Gasteiger partial charge in [0.05, 0.1) is 5.37 Å². The Morgan fingerprint density at radius 2 is 1.80 bits per heavy atom. The van der Waals surface area contributed by atoms with Gasteiger partial charge in [-0.25, -0.2) is 4.98 Å². The van der Waals surface area contributed by atoms with Crippen molar-refractivity contribution in [3.8, 4) is 0 Å². The van der Waals surface area contributed by atoms with E-state index in [0.29, 0.717) is 5.37 Å². The molecule has 1 fully saturated rings. The van der Waals surface area contributed by atoms with Crippen LogP contribution in [0, 0.1) is 0 Å². The molecule has 1 saturated heterocycles. The Labute approximate surface area is 127 Å². The van der Waals surface area contributed by atoms with E-state index in [4.69, 9.17) is 0 Å². The molecular formula is C16H27N3S. The number of rotatable bonds is 3. The first-order chi connectivity index (χ1) is 9.41. The molecule has 0 saturated carbocycles. The lowest BCUT2D eigenvalue weighted by molar-refractivity contribution is 0.251. The maximum Gasteiger partial charge on any atom is 0.128 e. The molecule has 2 heterocycles. The van der Waals surface area contributed by atoms with Crippen molar-refractivity contribution in [2.45, 2.75) is 38.5 Å². The third-order valence-corrected chi connectivity index (χ3v) is 5.09. The van der Waals surface area contributed by atoms with Gasteiger partial charge in [0, 0.05) is 32.4 Å². The summed E-state index contributed by atoms with van der Waals surface area (Å²) in [5.74, 6) is 1.12. The van der Waals surface area contributed by atoms with E-state index in [1.165, 1.54) is 5.56 Å². The van der Waals surface area contributed by atoms with Gasteiger partial charge in [-0.05, 0) is 30.2 Å². The Morgan fingerprint density at radius 3 is 2.25 bits per heavy atom. The highest BCUT2D eigenvalue weighted by molar-refractivity contribution is 7.99. The molecule has 1 aromatic rings. The maximum absolute atomic E-state index is 4.66. The van der Waals surface area contributed by atoms with Crippen LogP contribution in [-0.2, 0) is 5.41 Å². The molecule has 1 aliphatic heterocycles. The van der Waals surface area contributed by atoms with Crippen molar-refractivity contribution in [1.82, 2.24) is 9.88 Å². The second-order valence-corrected chi connectivity index (χ2v) is 7.67. The van der Waals surface area contributed by atoms with Crippen LogP contribution in [0.1, 0.15) is 33.3 Å². The molecule has 0 spiro atoms. The van der Waals surface area contributed by atoms with Crippen LogP contribution in [0.5, 0.6) is 0 Å². The molecule has 0 aliphatic carbocycles. The first-order valence-electron chi connectivity index (χ1n) is 7.40. The Kier molecular flexibility index (Phi) is 4.97. The molecule has 2 rings (SSSR count). The maximum atomic E-state index is 4.66. The van der Waals surface area contributed by atoms with Crippen LogP contribution in [0.25, 0.3) is 0 Å². The lowest BCUT2D eigenvalue weighted by atomic mass is 9.88. The summed E-state index contributed by atoms with van der Waals surface area (Å²) in [7, 11) is 0. The average molecular weight is 293 g/mol. The fraction of sp³-hybridized carbons (Fsp3) is 0.688. The molecule has 0 amide bonds. The summed E-state index contributed by atoms with van der Waals surface area (Å²) in [6.45, 7) is 13.4. The molecule has 1 aromatic heterocycles. The van der Waals surface area contributed by atoms with E-state index in [9.17, 15) is 0 Å². The van der Waals surface area contributed by atoms with Crippen molar-refractivity contribution in [2.24, 2.45) is 0 Å². The smallest absolute Gasteiger partial charge is 0.128 e. The molecule has 3 nitrogen and oxygen atoms in total. The van der Waals surface area contributed by atoms with Crippen molar-refractivity contribution in [3.05, 3.63) is 23.9 Å². The Morgan fingerprint density at radius 1 is 1.15 bits per heavy atom. The summed E-state index contributed by atoms with van der Waals surface area (Å²) in [6.07, 6.45) is 4.22. The lowest BCUT2D eigenvalue weighted by Gasteiger charge is -2.38. The monoisotopic (exact) mass is 293 g/mol. The SMILES string of the molecule is CSC(C)N1CCN(c2ccc(C(C)(C)C)cn2)CC1. The summed E-state index contributed by atoms with van der Waals surface area (Å²) in [5, 5.41) is 0.619. The number of hydrogen-bond donors (Lipinski definition) is 0. The first-order valence-corrected chi connectivity index (χ1v) is 8.69. The lowest BCUT2D eigenvalue weighted by Crippen LogP contribution is -2.49. The van der Waals surface area contributed by atoms with Crippen LogP contribution in [0.4, 0.5) is 5.82 Å². The minimum absolute atomic E-state index is 0.179. The van der Waals surface area contributed by atoms with Gasteiger partial charge in [0.2, 0.25) is 0 Å². The number of anilines is 1. The van der Waals surface area contributed by atoms with Crippen molar-refractivity contribution in [3.63, 3.8) is 0 Å². The third kappa shape index (κ3) is 3.67. The highest BCUT2D eigenvalue weighted by Gasteiger charge is 2.21. The molecule has 112 valence electrons. The predicted octanol–water partition coefficient (Wildman–Crippen LogP) is 3.21. The van der Waals surface area contributed by atoms with E-state index in [1.54, 1.807) is 0 Å². The van der Waals surface area contributed by atoms with Gasteiger partial charge in [-0.15, -0.1) is 11.8 Å². The Bertz CT molecular complexity index is 416. The summed E-state index contributed by atoms with van der Waals surface area (Å²) in [5.41, 5.74) is 1.48. The number of nitrogens with zero attached hydrogens (tertiary/aromatic N) is 3. The fourth-order valence-corrected chi connectivity index (χ4v) is 2.99. The van der Waals surface area contributed by atoms with Crippen LogP contribution in [-0.4, -0.2) is 47.7 Å². The van der Waals surface area contributed by atoms with Crippen LogP contribution in [0.3, 0.4) is 0 Å². The van der Waals surface area contributed by atoms with Crippen molar-refractivity contribution in [2.75, 3.05) is 37.3 Å². The zero-order valence-corrected chi connectivity index (χ0v) is 14.2. The van der Waals surface area contributed by atoms with Crippen molar-refractivity contribution < 1.29 is 0 Å². The highest BCUT2D eigenvalue weighted by atomic mass is 32.2. The summed E-state index contributed by atoms with van der Waals surface area (Å²) in [6, 6.07) is 4.40. The van der Waals surface area contributed by atoms with E-state index in [0.717, 1.165) is 32.0 Å². The third-order valence-electron chi connectivity index (χ3n) is 4.11. The van der Waals surface area contributed by atoms with Crippen LogP contribution < -0.4 is 4.90 Å². The molecule has 1 unspecified atom stereocenters. The van der Waals surface area contributed by atoms with Gasteiger partial charge in [0.25, 0.3) is 0 Å². The van der Waals surface area contributed by atoms with Crippen LogP contribution >= 0.6 is 11.8 Å². The topological polar surface area (TPSA) is 19.4 Å².